The third kappa shape index (κ3) is 2.34. The molecule has 3 rings (SSSR count). The standard InChI is InChI=1S/C14H17N3O2/c18-14(19)12-3-1-2-11-10(8-16-13(11)12)9-17-6-4-15-5-7-17/h1-3,8,15-16H,4-7,9H2,(H,18,19). The lowest BCUT2D eigenvalue weighted by atomic mass is 10.1. The van der Waals surface area contributed by atoms with E-state index in [0.717, 1.165) is 43.6 Å². The van der Waals surface area contributed by atoms with Gasteiger partial charge in [-0.1, -0.05) is 12.1 Å². The van der Waals surface area contributed by atoms with Gasteiger partial charge in [0.2, 0.25) is 0 Å². The van der Waals surface area contributed by atoms with Crippen LogP contribution in [0.25, 0.3) is 10.9 Å². The molecule has 100 valence electrons. The van der Waals surface area contributed by atoms with Crippen molar-refractivity contribution >= 4 is 16.9 Å². The van der Waals surface area contributed by atoms with Crippen molar-refractivity contribution in [1.82, 2.24) is 15.2 Å². The van der Waals surface area contributed by atoms with E-state index in [2.05, 4.69) is 15.2 Å². The number of nitrogens with zero attached hydrogens (tertiary/aromatic N) is 1. The molecule has 2 heterocycles. The summed E-state index contributed by atoms with van der Waals surface area (Å²) in [5, 5.41) is 13.5. The number of aromatic nitrogens is 1. The number of hydrogen-bond donors (Lipinski definition) is 3. The molecule has 0 saturated carbocycles. The summed E-state index contributed by atoms with van der Waals surface area (Å²) in [6.07, 6.45) is 1.93. The van der Waals surface area contributed by atoms with E-state index in [1.54, 1.807) is 12.1 Å². The van der Waals surface area contributed by atoms with Gasteiger partial charge in [-0.3, -0.25) is 4.90 Å². The zero-order chi connectivity index (χ0) is 13.2. The average Bonchev–Trinajstić information content (AvgIpc) is 2.83. The second kappa shape index (κ2) is 5.03. The lowest BCUT2D eigenvalue weighted by molar-refractivity contribution is 0.0699. The average molecular weight is 259 g/mol. The number of aromatic amines is 1. The minimum Gasteiger partial charge on any atom is -0.478 e. The molecule has 0 unspecified atom stereocenters. The number of carboxylic acids is 1. The van der Waals surface area contributed by atoms with Crippen molar-refractivity contribution in [2.75, 3.05) is 26.2 Å². The lowest BCUT2D eigenvalue weighted by Crippen LogP contribution is -2.42. The van der Waals surface area contributed by atoms with Crippen LogP contribution in [0.15, 0.2) is 24.4 Å². The number of H-pyrrole nitrogens is 1. The third-order valence-electron chi connectivity index (χ3n) is 3.64. The zero-order valence-corrected chi connectivity index (χ0v) is 10.6. The molecule has 0 aliphatic carbocycles. The number of carboxylic acid groups (broad SMARTS) is 1. The smallest absolute Gasteiger partial charge is 0.337 e. The number of aromatic carboxylic acids is 1. The Morgan fingerprint density at radius 2 is 2.11 bits per heavy atom. The van der Waals surface area contributed by atoms with E-state index in [1.165, 1.54) is 5.56 Å². The van der Waals surface area contributed by atoms with E-state index in [-0.39, 0.29) is 0 Å². The molecule has 1 aliphatic rings. The van der Waals surface area contributed by atoms with E-state index < -0.39 is 5.97 Å². The summed E-state index contributed by atoms with van der Waals surface area (Å²) in [4.78, 5) is 16.7. The second-order valence-corrected chi connectivity index (χ2v) is 4.87. The van der Waals surface area contributed by atoms with Crippen LogP contribution in [0.3, 0.4) is 0 Å². The molecular formula is C14H17N3O2. The van der Waals surface area contributed by atoms with Gasteiger partial charge < -0.3 is 15.4 Å². The molecule has 1 aliphatic heterocycles. The fourth-order valence-electron chi connectivity index (χ4n) is 2.63. The van der Waals surface area contributed by atoms with Crippen LogP contribution < -0.4 is 5.32 Å². The Hall–Kier alpha value is -1.85. The summed E-state index contributed by atoms with van der Waals surface area (Å²) in [7, 11) is 0. The summed E-state index contributed by atoms with van der Waals surface area (Å²) in [5.41, 5.74) is 2.23. The number of carbonyl (C=O) groups is 1. The summed E-state index contributed by atoms with van der Waals surface area (Å²) in [6.45, 7) is 4.97. The first kappa shape index (κ1) is 12.2. The Bertz CT molecular complexity index is 600. The van der Waals surface area contributed by atoms with Gasteiger partial charge in [-0.25, -0.2) is 4.79 Å². The van der Waals surface area contributed by atoms with Crippen LogP contribution in [0.2, 0.25) is 0 Å². The monoisotopic (exact) mass is 259 g/mol. The molecule has 1 saturated heterocycles. The Labute approximate surface area is 111 Å². The van der Waals surface area contributed by atoms with Crippen LogP contribution in [0, 0.1) is 0 Å². The summed E-state index contributed by atoms with van der Waals surface area (Å²) >= 11 is 0. The Kier molecular flexibility index (Phi) is 3.23. The quantitative estimate of drug-likeness (QED) is 0.776. The molecule has 1 aromatic carbocycles. The molecule has 5 heteroatoms. The van der Waals surface area contributed by atoms with Gasteiger partial charge >= 0.3 is 5.97 Å². The highest BCUT2D eigenvalue weighted by Crippen LogP contribution is 2.23. The minimum absolute atomic E-state index is 0.337. The molecule has 0 bridgehead atoms. The van der Waals surface area contributed by atoms with Gasteiger partial charge in [0.1, 0.15) is 0 Å². The van der Waals surface area contributed by atoms with Gasteiger partial charge in [0.15, 0.2) is 0 Å². The van der Waals surface area contributed by atoms with Gasteiger partial charge in [-0.2, -0.15) is 0 Å². The molecule has 19 heavy (non-hydrogen) atoms. The third-order valence-corrected chi connectivity index (χ3v) is 3.64. The SMILES string of the molecule is O=C(O)c1cccc2c(CN3CCNCC3)c[nH]c12. The van der Waals surface area contributed by atoms with Crippen LogP contribution in [0.5, 0.6) is 0 Å². The molecule has 0 atom stereocenters. The van der Waals surface area contributed by atoms with Crippen LogP contribution >= 0.6 is 0 Å². The van der Waals surface area contributed by atoms with Crippen molar-refractivity contribution in [1.29, 1.82) is 0 Å². The molecule has 0 radical (unpaired) electrons. The molecule has 0 spiro atoms. The summed E-state index contributed by atoms with van der Waals surface area (Å²) < 4.78 is 0. The topological polar surface area (TPSA) is 68.4 Å². The Morgan fingerprint density at radius 3 is 2.84 bits per heavy atom. The number of fused-ring (bicyclic) bond motifs is 1. The van der Waals surface area contributed by atoms with Gasteiger partial charge in [-0.05, 0) is 11.6 Å². The van der Waals surface area contributed by atoms with Crippen LogP contribution in [0.4, 0.5) is 0 Å². The second-order valence-electron chi connectivity index (χ2n) is 4.87. The van der Waals surface area contributed by atoms with E-state index >= 15 is 0 Å². The summed E-state index contributed by atoms with van der Waals surface area (Å²) in [5.74, 6) is -0.888. The van der Waals surface area contributed by atoms with E-state index in [0.29, 0.717) is 5.56 Å². The minimum atomic E-state index is -0.888. The van der Waals surface area contributed by atoms with E-state index in [4.69, 9.17) is 0 Å². The summed E-state index contributed by atoms with van der Waals surface area (Å²) in [6, 6.07) is 5.42. The molecule has 2 aromatic rings. The molecule has 1 aromatic heterocycles. The number of para-hydroxylation sites is 1. The van der Waals surface area contributed by atoms with Crippen molar-refractivity contribution < 1.29 is 9.90 Å². The number of rotatable bonds is 3. The Morgan fingerprint density at radius 1 is 1.32 bits per heavy atom. The van der Waals surface area contributed by atoms with Crippen LogP contribution in [0.1, 0.15) is 15.9 Å². The first-order chi connectivity index (χ1) is 9.25. The highest BCUT2D eigenvalue weighted by atomic mass is 16.4. The first-order valence-corrected chi connectivity index (χ1v) is 6.51. The molecule has 0 amide bonds. The zero-order valence-electron chi connectivity index (χ0n) is 10.6. The van der Waals surface area contributed by atoms with E-state index in [1.807, 2.05) is 12.3 Å². The van der Waals surface area contributed by atoms with Gasteiger partial charge in [0.05, 0.1) is 11.1 Å². The Balaban J connectivity index is 1.92. The lowest BCUT2D eigenvalue weighted by Gasteiger charge is -2.26. The highest BCUT2D eigenvalue weighted by molar-refractivity contribution is 6.02. The van der Waals surface area contributed by atoms with Crippen molar-refractivity contribution in [3.63, 3.8) is 0 Å². The van der Waals surface area contributed by atoms with Crippen LogP contribution in [-0.4, -0.2) is 47.1 Å². The molecule has 5 nitrogen and oxygen atoms in total. The maximum absolute atomic E-state index is 11.2. The predicted octanol–water partition coefficient (Wildman–Crippen LogP) is 1.27. The largest absolute Gasteiger partial charge is 0.478 e. The fraction of sp³-hybridized carbons (Fsp3) is 0.357. The maximum atomic E-state index is 11.2. The van der Waals surface area contributed by atoms with Crippen LogP contribution in [-0.2, 0) is 6.54 Å². The first-order valence-electron chi connectivity index (χ1n) is 6.51. The van der Waals surface area contributed by atoms with Gasteiger partial charge in [-0.15, -0.1) is 0 Å². The molecule has 1 fully saturated rings. The number of nitrogens with one attached hydrogen (secondary N) is 2. The molecular weight excluding hydrogens is 242 g/mol. The maximum Gasteiger partial charge on any atom is 0.337 e. The van der Waals surface area contributed by atoms with Crippen molar-refractivity contribution in [2.45, 2.75) is 6.54 Å². The van der Waals surface area contributed by atoms with E-state index in [9.17, 15) is 9.90 Å². The number of piperazine rings is 1. The van der Waals surface area contributed by atoms with Crippen molar-refractivity contribution in [2.24, 2.45) is 0 Å². The highest BCUT2D eigenvalue weighted by Gasteiger charge is 2.15. The molecule has 3 N–H and O–H groups in total. The van der Waals surface area contributed by atoms with Crippen molar-refractivity contribution in [3.05, 3.63) is 35.5 Å². The number of hydrogen-bond acceptors (Lipinski definition) is 3. The normalized spacial score (nSPS) is 16.8. The number of benzene rings is 1. The van der Waals surface area contributed by atoms with Gasteiger partial charge in [0, 0.05) is 44.3 Å². The van der Waals surface area contributed by atoms with Crippen molar-refractivity contribution in [3.8, 4) is 0 Å². The van der Waals surface area contributed by atoms with Gasteiger partial charge in [0.25, 0.3) is 0 Å². The predicted molar refractivity (Wildman–Crippen MR) is 73.4 cm³/mol. The fourth-order valence-corrected chi connectivity index (χ4v) is 2.63.